The largest absolute Gasteiger partial charge is 0.493 e. The minimum atomic E-state index is 0.223. The van der Waals surface area contributed by atoms with Crippen molar-refractivity contribution < 1.29 is 9.47 Å². The molecule has 0 fully saturated rings. The second-order valence-corrected chi connectivity index (χ2v) is 5.75. The van der Waals surface area contributed by atoms with Crippen molar-refractivity contribution in [3.63, 3.8) is 0 Å². The van der Waals surface area contributed by atoms with Crippen molar-refractivity contribution in [2.24, 2.45) is 0 Å². The molecule has 5 heteroatoms. The molecule has 1 aromatic heterocycles. The van der Waals surface area contributed by atoms with Crippen LogP contribution in [0.3, 0.4) is 0 Å². The van der Waals surface area contributed by atoms with Gasteiger partial charge >= 0.3 is 0 Å². The summed E-state index contributed by atoms with van der Waals surface area (Å²) < 4.78 is 10.7. The van der Waals surface area contributed by atoms with Crippen LogP contribution in [-0.2, 0) is 6.42 Å². The number of nitrogens with one attached hydrogen (secondary N) is 1. The average Bonchev–Trinajstić information content (AvgIpc) is 2.91. The fraction of sp³-hybridized carbons (Fsp3) is 0.438. The summed E-state index contributed by atoms with van der Waals surface area (Å²) in [5.74, 6) is 1.51. The molecule has 0 amide bonds. The smallest absolute Gasteiger partial charge is 0.161 e. The van der Waals surface area contributed by atoms with Crippen molar-refractivity contribution in [1.29, 1.82) is 0 Å². The minimum Gasteiger partial charge on any atom is -0.493 e. The number of benzene rings is 1. The zero-order valence-electron chi connectivity index (χ0n) is 13.0. The second-order valence-electron chi connectivity index (χ2n) is 4.81. The third-order valence-corrected chi connectivity index (χ3v) is 4.29. The molecule has 0 aliphatic carbocycles. The monoisotopic (exact) mass is 306 g/mol. The van der Waals surface area contributed by atoms with Gasteiger partial charge in [0.1, 0.15) is 0 Å². The third kappa shape index (κ3) is 3.95. The molecule has 1 atom stereocenters. The number of likely N-dealkylation sites (N-methyl/N-ethyl adjacent to an activating group) is 1. The summed E-state index contributed by atoms with van der Waals surface area (Å²) in [7, 11) is 3.31. The lowest BCUT2D eigenvalue weighted by Crippen LogP contribution is -2.23. The van der Waals surface area contributed by atoms with Crippen LogP contribution < -0.4 is 14.8 Å². The van der Waals surface area contributed by atoms with Gasteiger partial charge in [-0.25, -0.2) is 4.98 Å². The molecule has 0 radical (unpaired) electrons. The summed E-state index contributed by atoms with van der Waals surface area (Å²) in [4.78, 5) is 4.56. The van der Waals surface area contributed by atoms with E-state index in [1.54, 1.807) is 25.6 Å². The van der Waals surface area contributed by atoms with Crippen molar-refractivity contribution in [1.82, 2.24) is 10.3 Å². The minimum absolute atomic E-state index is 0.223. The van der Waals surface area contributed by atoms with E-state index in [1.807, 2.05) is 19.1 Å². The molecule has 0 saturated heterocycles. The SMILES string of the molecule is CCNC(Cc1nc(C)cs1)c1ccc(OC)c(OC)c1. The number of aryl methyl sites for hydroxylation is 1. The summed E-state index contributed by atoms with van der Waals surface area (Å²) >= 11 is 1.71. The van der Waals surface area contributed by atoms with E-state index < -0.39 is 0 Å². The van der Waals surface area contributed by atoms with Crippen LogP contribution in [-0.4, -0.2) is 25.7 Å². The molecule has 21 heavy (non-hydrogen) atoms. The van der Waals surface area contributed by atoms with Gasteiger partial charge < -0.3 is 14.8 Å². The molecular weight excluding hydrogens is 284 g/mol. The third-order valence-electron chi connectivity index (χ3n) is 3.31. The Balaban J connectivity index is 2.24. The van der Waals surface area contributed by atoms with Gasteiger partial charge in [0.2, 0.25) is 0 Å². The van der Waals surface area contributed by atoms with E-state index in [9.17, 15) is 0 Å². The molecule has 0 bridgehead atoms. The highest BCUT2D eigenvalue weighted by molar-refractivity contribution is 7.09. The van der Waals surface area contributed by atoms with Gasteiger partial charge in [-0.2, -0.15) is 0 Å². The Morgan fingerprint density at radius 3 is 2.57 bits per heavy atom. The van der Waals surface area contributed by atoms with Crippen molar-refractivity contribution in [3.8, 4) is 11.5 Å². The van der Waals surface area contributed by atoms with Crippen LogP contribution in [0.15, 0.2) is 23.6 Å². The molecule has 2 rings (SSSR count). The summed E-state index contributed by atoms with van der Waals surface area (Å²) in [6.07, 6.45) is 0.877. The summed E-state index contributed by atoms with van der Waals surface area (Å²) in [5.41, 5.74) is 2.26. The lowest BCUT2D eigenvalue weighted by atomic mass is 10.0. The highest BCUT2D eigenvalue weighted by Crippen LogP contribution is 2.31. The summed E-state index contributed by atoms with van der Waals surface area (Å²) in [6, 6.07) is 6.29. The standard InChI is InChI=1S/C16H22N2O2S/c1-5-17-13(9-16-18-11(2)10-21-16)12-6-7-14(19-3)15(8-12)20-4/h6-8,10,13,17H,5,9H2,1-4H3. The first-order chi connectivity index (χ1) is 10.2. The van der Waals surface area contributed by atoms with Crippen LogP contribution in [0.2, 0.25) is 0 Å². The molecule has 1 heterocycles. The quantitative estimate of drug-likeness (QED) is 0.852. The molecule has 0 spiro atoms. The van der Waals surface area contributed by atoms with Gasteiger partial charge in [-0.15, -0.1) is 11.3 Å². The predicted octanol–water partition coefficient (Wildman–Crippen LogP) is 3.36. The maximum Gasteiger partial charge on any atom is 0.161 e. The molecule has 2 aromatic rings. The number of aromatic nitrogens is 1. The van der Waals surface area contributed by atoms with Crippen LogP contribution in [0.25, 0.3) is 0 Å². The molecular formula is C16H22N2O2S. The van der Waals surface area contributed by atoms with E-state index in [2.05, 4.69) is 28.7 Å². The molecule has 4 nitrogen and oxygen atoms in total. The zero-order valence-corrected chi connectivity index (χ0v) is 13.8. The molecule has 0 aliphatic rings. The Hall–Kier alpha value is -1.59. The molecule has 0 aliphatic heterocycles. The molecule has 1 aromatic carbocycles. The fourth-order valence-electron chi connectivity index (χ4n) is 2.29. The molecule has 114 valence electrons. The van der Waals surface area contributed by atoms with Crippen molar-refractivity contribution in [2.75, 3.05) is 20.8 Å². The maximum absolute atomic E-state index is 5.39. The van der Waals surface area contributed by atoms with Gasteiger partial charge in [0.05, 0.1) is 19.2 Å². The van der Waals surface area contributed by atoms with E-state index in [4.69, 9.17) is 9.47 Å². The number of rotatable bonds is 7. The fourth-order valence-corrected chi connectivity index (χ4v) is 3.11. The Labute approximate surface area is 130 Å². The number of ether oxygens (including phenoxy) is 2. The van der Waals surface area contributed by atoms with Crippen LogP contribution in [0.4, 0.5) is 0 Å². The lowest BCUT2D eigenvalue weighted by molar-refractivity contribution is 0.354. The first kappa shape index (κ1) is 15.8. The first-order valence-corrected chi connectivity index (χ1v) is 7.92. The topological polar surface area (TPSA) is 43.4 Å². The Bertz CT molecular complexity index is 583. The van der Waals surface area contributed by atoms with E-state index in [0.29, 0.717) is 0 Å². The number of methoxy groups -OCH3 is 2. The van der Waals surface area contributed by atoms with Crippen molar-refractivity contribution in [2.45, 2.75) is 26.3 Å². The van der Waals surface area contributed by atoms with Gasteiger partial charge in [0, 0.05) is 23.5 Å². The average molecular weight is 306 g/mol. The summed E-state index contributed by atoms with van der Waals surface area (Å²) in [6.45, 7) is 5.04. The lowest BCUT2D eigenvalue weighted by Gasteiger charge is -2.19. The van der Waals surface area contributed by atoms with Crippen LogP contribution in [0.1, 0.15) is 29.2 Å². The van der Waals surface area contributed by atoms with Crippen molar-refractivity contribution >= 4 is 11.3 Å². The van der Waals surface area contributed by atoms with Crippen LogP contribution >= 0.6 is 11.3 Å². The second kappa shape index (κ2) is 7.43. The van der Waals surface area contributed by atoms with Gasteiger partial charge in [-0.1, -0.05) is 13.0 Å². The van der Waals surface area contributed by atoms with Gasteiger partial charge in [0.25, 0.3) is 0 Å². The first-order valence-electron chi connectivity index (χ1n) is 7.04. The predicted molar refractivity (Wildman–Crippen MR) is 86.5 cm³/mol. The van der Waals surface area contributed by atoms with Gasteiger partial charge in [0.15, 0.2) is 11.5 Å². The number of hydrogen-bond donors (Lipinski definition) is 1. The van der Waals surface area contributed by atoms with E-state index in [-0.39, 0.29) is 6.04 Å². The van der Waals surface area contributed by atoms with Gasteiger partial charge in [-0.3, -0.25) is 0 Å². The van der Waals surface area contributed by atoms with Crippen LogP contribution in [0.5, 0.6) is 11.5 Å². The van der Waals surface area contributed by atoms with E-state index in [1.165, 1.54) is 5.56 Å². The normalized spacial score (nSPS) is 12.2. The highest BCUT2D eigenvalue weighted by Gasteiger charge is 2.15. The van der Waals surface area contributed by atoms with Crippen LogP contribution in [0, 0.1) is 6.92 Å². The number of hydrogen-bond acceptors (Lipinski definition) is 5. The number of nitrogens with zero attached hydrogens (tertiary/aromatic N) is 1. The van der Waals surface area contributed by atoms with Gasteiger partial charge in [-0.05, 0) is 31.2 Å². The Morgan fingerprint density at radius 2 is 2.00 bits per heavy atom. The Morgan fingerprint density at radius 1 is 1.24 bits per heavy atom. The zero-order chi connectivity index (χ0) is 15.2. The molecule has 1 N–H and O–H groups in total. The Kier molecular flexibility index (Phi) is 5.59. The van der Waals surface area contributed by atoms with E-state index >= 15 is 0 Å². The van der Waals surface area contributed by atoms with Crippen molar-refractivity contribution in [3.05, 3.63) is 39.8 Å². The van der Waals surface area contributed by atoms with E-state index in [0.717, 1.165) is 35.2 Å². The maximum atomic E-state index is 5.39. The number of thiazole rings is 1. The molecule has 0 saturated carbocycles. The highest BCUT2D eigenvalue weighted by atomic mass is 32.1. The summed E-state index contributed by atoms with van der Waals surface area (Å²) in [5, 5.41) is 6.75. The molecule has 1 unspecified atom stereocenters.